The molecule has 37 heavy (non-hydrogen) atoms. The van der Waals surface area contributed by atoms with Crippen LogP contribution in [0.3, 0.4) is 0 Å². The number of anilines is 1. The summed E-state index contributed by atoms with van der Waals surface area (Å²) >= 11 is 1.25. The Labute approximate surface area is 219 Å². The van der Waals surface area contributed by atoms with Crippen molar-refractivity contribution in [3.8, 4) is 0 Å². The van der Waals surface area contributed by atoms with Crippen molar-refractivity contribution in [3.63, 3.8) is 0 Å². The number of ether oxygens (including phenoxy) is 1. The third kappa shape index (κ3) is 6.36. The molecule has 0 saturated carbocycles. The maximum atomic E-state index is 13.2. The van der Waals surface area contributed by atoms with E-state index in [1.165, 1.54) is 28.5 Å². The lowest BCUT2D eigenvalue weighted by molar-refractivity contribution is -0.384. The fourth-order valence-corrected chi connectivity index (χ4v) is 5.14. The first-order valence-electron chi connectivity index (χ1n) is 11.9. The number of nitrogens with zero attached hydrogens (tertiary/aromatic N) is 5. The fourth-order valence-electron chi connectivity index (χ4n) is 4.25. The van der Waals surface area contributed by atoms with Crippen molar-refractivity contribution in [2.45, 2.75) is 18.2 Å². The van der Waals surface area contributed by atoms with E-state index >= 15 is 0 Å². The van der Waals surface area contributed by atoms with Crippen LogP contribution in [0.15, 0.2) is 64.5 Å². The Balaban J connectivity index is 1.38. The summed E-state index contributed by atoms with van der Waals surface area (Å²) in [5.41, 5.74) is 3.00. The number of hydrogen-bond acceptors (Lipinski definition) is 8. The largest absolute Gasteiger partial charge is 0.378 e. The van der Waals surface area contributed by atoms with E-state index in [2.05, 4.69) is 9.88 Å². The standard InChI is InChI=1S/C26H29N5O5S/c1-28-25(33)22(16-19-6-4-3-5-7-19)23(17-36-2)27-26(28)37-18-24(32)30-14-12-29(13-15-30)20-8-10-21(11-9-20)31(34)35/h3-11H,12-18H2,1-2H3. The van der Waals surface area contributed by atoms with Crippen LogP contribution in [0, 0.1) is 10.1 Å². The van der Waals surface area contributed by atoms with Gasteiger partial charge >= 0.3 is 0 Å². The van der Waals surface area contributed by atoms with Crippen LogP contribution in [0.5, 0.6) is 0 Å². The minimum absolute atomic E-state index is 0.0238. The molecule has 2 heterocycles. The molecule has 1 saturated heterocycles. The van der Waals surface area contributed by atoms with E-state index in [9.17, 15) is 19.7 Å². The number of nitro groups is 1. The van der Waals surface area contributed by atoms with E-state index in [4.69, 9.17) is 4.74 Å². The van der Waals surface area contributed by atoms with Gasteiger partial charge in [0.1, 0.15) is 0 Å². The molecule has 10 nitrogen and oxygen atoms in total. The first-order valence-corrected chi connectivity index (χ1v) is 12.9. The van der Waals surface area contributed by atoms with Gasteiger partial charge in [-0.1, -0.05) is 42.1 Å². The number of amides is 1. The molecular weight excluding hydrogens is 494 g/mol. The van der Waals surface area contributed by atoms with Crippen molar-refractivity contribution >= 4 is 29.0 Å². The topological polar surface area (TPSA) is 111 Å². The Morgan fingerprint density at radius 2 is 1.76 bits per heavy atom. The maximum absolute atomic E-state index is 13.2. The number of hydrogen-bond donors (Lipinski definition) is 0. The smallest absolute Gasteiger partial charge is 0.269 e. The van der Waals surface area contributed by atoms with Gasteiger partial charge in [-0.2, -0.15) is 0 Å². The Bertz CT molecular complexity index is 1310. The van der Waals surface area contributed by atoms with Crippen molar-refractivity contribution in [2.24, 2.45) is 7.05 Å². The number of rotatable bonds is 9. The van der Waals surface area contributed by atoms with Crippen LogP contribution < -0.4 is 10.5 Å². The highest BCUT2D eigenvalue weighted by molar-refractivity contribution is 7.99. The second-order valence-electron chi connectivity index (χ2n) is 8.71. The number of aromatic nitrogens is 2. The molecule has 4 rings (SSSR count). The van der Waals surface area contributed by atoms with Crippen LogP contribution in [0.25, 0.3) is 0 Å². The third-order valence-electron chi connectivity index (χ3n) is 6.32. The monoisotopic (exact) mass is 523 g/mol. The number of nitro benzene ring substituents is 1. The van der Waals surface area contributed by atoms with E-state index < -0.39 is 4.92 Å². The third-order valence-corrected chi connectivity index (χ3v) is 7.33. The molecule has 1 aliphatic heterocycles. The zero-order valence-electron chi connectivity index (χ0n) is 20.8. The van der Waals surface area contributed by atoms with E-state index in [1.807, 2.05) is 30.3 Å². The normalized spacial score (nSPS) is 13.6. The first kappa shape index (κ1) is 26.4. The van der Waals surface area contributed by atoms with E-state index in [0.717, 1.165) is 11.3 Å². The van der Waals surface area contributed by atoms with Crippen LogP contribution in [0.4, 0.5) is 11.4 Å². The van der Waals surface area contributed by atoms with Gasteiger partial charge in [0.2, 0.25) is 5.91 Å². The molecule has 2 aromatic carbocycles. The average Bonchev–Trinajstić information content (AvgIpc) is 2.92. The zero-order valence-corrected chi connectivity index (χ0v) is 21.6. The van der Waals surface area contributed by atoms with Crippen molar-refractivity contribution in [1.29, 1.82) is 0 Å². The summed E-state index contributed by atoms with van der Waals surface area (Å²) < 4.78 is 6.81. The minimum atomic E-state index is -0.419. The first-order chi connectivity index (χ1) is 17.9. The highest BCUT2D eigenvalue weighted by Crippen LogP contribution is 2.22. The lowest BCUT2D eigenvalue weighted by Gasteiger charge is -2.36. The molecule has 1 fully saturated rings. The van der Waals surface area contributed by atoms with Gasteiger partial charge < -0.3 is 14.5 Å². The van der Waals surface area contributed by atoms with Crippen molar-refractivity contribution in [1.82, 2.24) is 14.5 Å². The molecule has 1 aromatic heterocycles. The number of piperazine rings is 1. The van der Waals surface area contributed by atoms with Crippen LogP contribution in [-0.4, -0.2) is 64.3 Å². The van der Waals surface area contributed by atoms with Crippen molar-refractivity contribution in [3.05, 3.63) is 91.9 Å². The molecule has 0 spiro atoms. The van der Waals surface area contributed by atoms with Gasteiger partial charge in [-0.05, 0) is 17.7 Å². The lowest BCUT2D eigenvalue weighted by atomic mass is 10.0. The number of non-ortho nitro benzene ring substituents is 1. The maximum Gasteiger partial charge on any atom is 0.269 e. The fraction of sp³-hybridized carbons (Fsp3) is 0.346. The van der Waals surface area contributed by atoms with E-state index in [0.29, 0.717) is 49.0 Å². The number of benzene rings is 2. The van der Waals surface area contributed by atoms with Gasteiger partial charge in [-0.25, -0.2) is 4.98 Å². The Morgan fingerprint density at radius 1 is 1.08 bits per heavy atom. The predicted octanol–water partition coefficient (Wildman–Crippen LogP) is 2.87. The number of thioether (sulfide) groups is 1. The van der Waals surface area contributed by atoms with Gasteiger partial charge in [0, 0.05) is 70.1 Å². The van der Waals surface area contributed by atoms with Gasteiger partial charge in [-0.3, -0.25) is 24.3 Å². The van der Waals surface area contributed by atoms with Crippen LogP contribution in [-0.2, 0) is 29.6 Å². The van der Waals surface area contributed by atoms with E-state index in [-0.39, 0.29) is 29.5 Å². The zero-order chi connectivity index (χ0) is 26.4. The molecule has 0 N–H and O–H groups in total. The van der Waals surface area contributed by atoms with Gasteiger partial charge in [-0.15, -0.1) is 0 Å². The molecular formula is C26H29N5O5S. The summed E-state index contributed by atoms with van der Waals surface area (Å²) in [5.74, 6) is 0.145. The Kier molecular flexibility index (Phi) is 8.57. The lowest BCUT2D eigenvalue weighted by Crippen LogP contribution is -2.49. The number of carbonyl (C=O) groups is 1. The molecule has 1 amide bonds. The van der Waals surface area contributed by atoms with Crippen molar-refractivity contribution < 1.29 is 14.5 Å². The second kappa shape index (κ2) is 12.0. The highest BCUT2D eigenvalue weighted by atomic mass is 32.2. The summed E-state index contributed by atoms with van der Waals surface area (Å²) in [5, 5.41) is 11.3. The van der Waals surface area contributed by atoms with Crippen LogP contribution in [0.1, 0.15) is 16.8 Å². The molecule has 194 valence electrons. The molecule has 0 radical (unpaired) electrons. The van der Waals surface area contributed by atoms with Crippen molar-refractivity contribution in [2.75, 3.05) is 43.9 Å². The number of carbonyl (C=O) groups excluding carboxylic acids is 1. The van der Waals surface area contributed by atoms with E-state index in [1.54, 1.807) is 31.2 Å². The molecule has 0 bridgehead atoms. The summed E-state index contributed by atoms with van der Waals surface area (Å²) in [6.07, 6.45) is 0.460. The van der Waals surface area contributed by atoms with Gasteiger partial charge in [0.15, 0.2) is 5.16 Å². The Hall–Kier alpha value is -3.70. The highest BCUT2D eigenvalue weighted by Gasteiger charge is 2.23. The molecule has 1 aliphatic rings. The van der Waals surface area contributed by atoms with Crippen LogP contribution in [0.2, 0.25) is 0 Å². The molecule has 0 aliphatic carbocycles. The quantitative estimate of drug-likeness (QED) is 0.182. The predicted molar refractivity (Wildman–Crippen MR) is 142 cm³/mol. The number of methoxy groups -OCH3 is 1. The summed E-state index contributed by atoms with van der Waals surface area (Å²) in [4.78, 5) is 45.1. The average molecular weight is 524 g/mol. The minimum Gasteiger partial charge on any atom is -0.378 e. The molecule has 0 atom stereocenters. The molecule has 0 unspecified atom stereocenters. The van der Waals surface area contributed by atoms with Crippen LogP contribution >= 0.6 is 11.8 Å². The second-order valence-corrected chi connectivity index (χ2v) is 9.65. The van der Waals surface area contributed by atoms with Gasteiger partial charge in [0.25, 0.3) is 11.2 Å². The molecule has 3 aromatic rings. The Morgan fingerprint density at radius 3 is 2.38 bits per heavy atom. The summed E-state index contributed by atoms with van der Waals surface area (Å²) in [7, 11) is 3.24. The van der Waals surface area contributed by atoms with Gasteiger partial charge in [0.05, 0.1) is 23.0 Å². The molecule has 11 heteroatoms. The SMILES string of the molecule is COCc1nc(SCC(=O)N2CCN(c3ccc([N+](=O)[O-])cc3)CC2)n(C)c(=O)c1Cc1ccccc1. The summed E-state index contributed by atoms with van der Waals surface area (Å²) in [6, 6.07) is 16.2. The summed E-state index contributed by atoms with van der Waals surface area (Å²) in [6.45, 7) is 2.58.